The van der Waals surface area contributed by atoms with E-state index >= 15 is 0 Å². The van der Waals surface area contributed by atoms with Crippen LogP contribution >= 0.6 is 11.5 Å². The van der Waals surface area contributed by atoms with Gasteiger partial charge in [0.05, 0.1) is 11.9 Å². The third-order valence-electron chi connectivity index (χ3n) is 3.22. The molecule has 1 aliphatic rings. The first-order valence-electron chi connectivity index (χ1n) is 6.25. The molecule has 1 heterocycles. The third kappa shape index (κ3) is 3.01. The Morgan fingerprint density at radius 1 is 1.53 bits per heavy atom. The lowest BCUT2D eigenvalue weighted by Gasteiger charge is -2.34. The maximum atomic E-state index is 12.2. The van der Waals surface area contributed by atoms with E-state index in [1.807, 2.05) is 6.92 Å². The summed E-state index contributed by atoms with van der Waals surface area (Å²) in [6.07, 6.45) is 2.58. The Hall–Kier alpha value is -0.860. The third-order valence-corrected chi connectivity index (χ3v) is 6.12. The summed E-state index contributed by atoms with van der Waals surface area (Å²) in [4.78, 5) is 0.167. The standard InChI is InChI=1S/C11H19N3O3S2/c1-3-4-19(15,16)9-10(12)14-18-11(9)13-7-5-8(6-7)17-2/h7-8,13H,3-6H2,1-2H3,(H2,12,14). The molecule has 0 bridgehead atoms. The predicted octanol–water partition coefficient (Wildman–Crippen LogP) is 1.50. The lowest BCUT2D eigenvalue weighted by atomic mass is 9.89. The van der Waals surface area contributed by atoms with E-state index in [1.165, 1.54) is 0 Å². The van der Waals surface area contributed by atoms with Gasteiger partial charge in [0.25, 0.3) is 0 Å². The largest absolute Gasteiger partial charge is 0.382 e. The SMILES string of the molecule is CCCS(=O)(=O)c1c(N)nsc1NC1CC(OC)C1. The molecule has 0 radical (unpaired) electrons. The molecule has 3 N–H and O–H groups in total. The van der Waals surface area contributed by atoms with E-state index in [9.17, 15) is 8.42 Å². The van der Waals surface area contributed by atoms with Crippen molar-refractivity contribution in [3.8, 4) is 0 Å². The minimum absolute atomic E-state index is 0.0929. The number of nitrogens with one attached hydrogen (secondary N) is 1. The Bertz CT molecular complexity index is 535. The van der Waals surface area contributed by atoms with E-state index < -0.39 is 9.84 Å². The lowest BCUT2D eigenvalue weighted by Crippen LogP contribution is -2.40. The van der Waals surface area contributed by atoms with Crippen molar-refractivity contribution in [2.75, 3.05) is 23.9 Å². The summed E-state index contributed by atoms with van der Waals surface area (Å²) >= 11 is 1.11. The maximum Gasteiger partial charge on any atom is 0.185 e. The van der Waals surface area contributed by atoms with Gasteiger partial charge in [-0.3, -0.25) is 0 Å². The molecular weight excluding hydrogens is 286 g/mol. The van der Waals surface area contributed by atoms with Gasteiger partial charge < -0.3 is 15.8 Å². The molecule has 1 aromatic rings. The van der Waals surface area contributed by atoms with Crippen molar-refractivity contribution in [3.05, 3.63) is 0 Å². The van der Waals surface area contributed by atoms with Gasteiger partial charge in [-0.1, -0.05) is 6.92 Å². The molecule has 0 amide bonds. The van der Waals surface area contributed by atoms with Crippen LogP contribution in [0.15, 0.2) is 4.90 Å². The van der Waals surface area contributed by atoms with Crippen molar-refractivity contribution in [1.29, 1.82) is 0 Å². The van der Waals surface area contributed by atoms with Crippen LogP contribution in [0.25, 0.3) is 0 Å². The van der Waals surface area contributed by atoms with Crippen LogP contribution in [0, 0.1) is 0 Å². The van der Waals surface area contributed by atoms with Gasteiger partial charge >= 0.3 is 0 Å². The average Bonchev–Trinajstić information content (AvgIpc) is 2.65. The Morgan fingerprint density at radius 2 is 2.21 bits per heavy atom. The van der Waals surface area contributed by atoms with E-state index in [2.05, 4.69) is 9.69 Å². The molecule has 0 atom stereocenters. The maximum absolute atomic E-state index is 12.2. The first-order chi connectivity index (χ1) is 8.97. The normalized spacial score (nSPS) is 23.1. The number of ether oxygens (including phenoxy) is 1. The Morgan fingerprint density at radius 3 is 2.79 bits per heavy atom. The monoisotopic (exact) mass is 305 g/mol. The summed E-state index contributed by atoms with van der Waals surface area (Å²) in [5.41, 5.74) is 5.70. The fourth-order valence-electron chi connectivity index (χ4n) is 2.12. The van der Waals surface area contributed by atoms with E-state index in [4.69, 9.17) is 10.5 Å². The lowest BCUT2D eigenvalue weighted by molar-refractivity contribution is 0.0329. The van der Waals surface area contributed by atoms with E-state index in [1.54, 1.807) is 7.11 Å². The molecule has 0 aliphatic heterocycles. The summed E-state index contributed by atoms with van der Waals surface area (Å²) in [5, 5.41) is 3.77. The molecule has 1 saturated carbocycles. The zero-order chi connectivity index (χ0) is 14.0. The van der Waals surface area contributed by atoms with Gasteiger partial charge in [-0.25, -0.2) is 8.42 Å². The van der Waals surface area contributed by atoms with E-state index in [0.717, 1.165) is 24.4 Å². The summed E-state index contributed by atoms with van der Waals surface area (Å²) in [5.74, 6) is 0.193. The summed E-state index contributed by atoms with van der Waals surface area (Å²) in [6.45, 7) is 1.83. The highest BCUT2D eigenvalue weighted by atomic mass is 32.2. The highest BCUT2D eigenvalue weighted by molar-refractivity contribution is 7.91. The van der Waals surface area contributed by atoms with Crippen molar-refractivity contribution in [2.24, 2.45) is 0 Å². The highest BCUT2D eigenvalue weighted by Gasteiger charge is 2.32. The van der Waals surface area contributed by atoms with Crippen LogP contribution in [0.4, 0.5) is 10.8 Å². The Kier molecular flexibility index (Phi) is 4.32. The predicted molar refractivity (Wildman–Crippen MR) is 76.3 cm³/mol. The molecule has 108 valence electrons. The smallest absolute Gasteiger partial charge is 0.185 e. The molecule has 1 aliphatic carbocycles. The van der Waals surface area contributed by atoms with Crippen molar-refractivity contribution < 1.29 is 13.2 Å². The van der Waals surface area contributed by atoms with Crippen LogP contribution in [-0.4, -0.2) is 37.8 Å². The number of rotatable bonds is 6. The number of nitrogens with zero attached hydrogens (tertiary/aromatic N) is 1. The minimum atomic E-state index is -3.35. The van der Waals surface area contributed by atoms with Crippen LogP contribution in [0.1, 0.15) is 26.2 Å². The van der Waals surface area contributed by atoms with Gasteiger partial charge in [-0.15, -0.1) is 0 Å². The Labute approximate surface area is 117 Å². The fourth-order valence-corrected chi connectivity index (χ4v) is 4.80. The van der Waals surface area contributed by atoms with Crippen LogP contribution in [0.5, 0.6) is 0 Å². The van der Waals surface area contributed by atoms with Gasteiger partial charge in [-0.2, -0.15) is 4.37 Å². The van der Waals surface area contributed by atoms with Gasteiger partial charge in [0.1, 0.15) is 9.90 Å². The highest BCUT2D eigenvalue weighted by Crippen LogP contribution is 2.36. The zero-order valence-corrected chi connectivity index (χ0v) is 12.7. The molecule has 0 unspecified atom stereocenters. The number of nitrogen functional groups attached to an aromatic ring is 1. The van der Waals surface area contributed by atoms with Gasteiger partial charge in [0, 0.05) is 13.2 Å². The van der Waals surface area contributed by atoms with Crippen molar-refractivity contribution >= 4 is 32.2 Å². The van der Waals surface area contributed by atoms with Crippen molar-refractivity contribution in [3.63, 3.8) is 0 Å². The minimum Gasteiger partial charge on any atom is -0.382 e. The first-order valence-corrected chi connectivity index (χ1v) is 8.67. The van der Waals surface area contributed by atoms with E-state index in [-0.39, 0.29) is 28.6 Å². The molecule has 8 heteroatoms. The van der Waals surface area contributed by atoms with Crippen LogP contribution in [0.2, 0.25) is 0 Å². The average molecular weight is 305 g/mol. The summed E-state index contributed by atoms with van der Waals surface area (Å²) in [7, 11) is -1.66. The molecule has 1 fully saturated rings. The van der Waals surface area contributed by atoms with Gasteiger partial charge in [0.15, 0.2) is 15.7 Å². The molecule has 0 aromatic carbocycles. The number of hydrogen-bond acceptors (Lipinski definition) is 7. The van der Waals surface area contributed by atoms with Crippen molar-refractivity contribution in [1.82, 2.24) is 4.37 Å². The summed E-state index contributed by atoms with van der Waals surface area (Å²) < 4.78 is 33.5. The van der Waals surface area contributed by atoms with Gasteiger partial charge in [0.2, 0.25) is 0 Å². The fraction of sp³-hybridized carbons (Fsp3) is 0.727. The van der Waals surface area contributed by atoms with Crippen LogP contribution in [0.3, 0.4) is 0 Å². The second kappa shape index (κ2) is 5.64. The first kappa shape index (κ1) is 14.5. The number of methoxy groups -OCH3 is 1. The molecule has 2 rings (SSSR count). The number of anilines is 2. The molecule has 19 heavy (non-hydrogen) atoms. The molecular formula is C11H19N3O3S2. The number of hydrogen-bond donors (Lipinski definition) is 2. The van der Waals surface area contributed by atoms with Gasteiger partial charge in [-0.05, 0) is 30.8 Å². The number of sulfone groups is 1. The van der Waals surface area contributed by atoms with Crippen molar-refractivity contribution in [2.45, 2.75) is 43.2 Å². The quantitative estimate of drug-likeness (QED) is 0.827. The molecule has 0 spiro atoms. The second-order valence-corrected chi connectivity index (χ2v) is 7.53. The topological polar surface area (TPSA) is 94.3 Å². The molecule has 1 aromatic heterocycles. The summed E-state index contributed by atoms with van der Waals surface area (Å²) in [6, 6.07) is 0.236. The van der Waals surface area contributed by atoms with Crippen LogP contribution < -0.4 is 11.1 Å². The number of aromatic nitrogens is 1. The Balaban J connectivity index is 2.15. The second-order valence-electron chi connectivity index (χ2n) is 4.72. The zero-order valence-electron chi connectivity index (χ0n) is 11.0. The molecule has 0 saturated heterocycles. The van der Waals surface area contributed by atoms with Crippen LogP contribution in [-0.2, 0) is 14.6 Å². The number of nitrogens with two attached hydrogens (primary N) is 1. The molecule has 6 nitrogen and oxygen atoms in total. The van der Waals surface area contributed by atoms with E-state index in [0.29, 0.717) is 11.4 Å².